The molecule has 1 aromatic heterocycles. The molecular weight excluding hydrogens is 310 g/mol. The molecule has 0 spiro atoms. The minimum Gasteiger partial charge on any atom is -0.465 e. The minimum absolute atomic E-state index is 0.197. The van der Waals surface area contributed by atoms with Gasteiger partial charge in [0, 0.05) is 25.4 Å². The number of carbonyl (C=O) groups excluding carboxylic acids is 1. The molecule has 128 valence electrons. The molecule has 5 aliphatic carbocycles. The van der Waals surface area contributed by atoms with Crippen LogP contribution in [0.3, 0.4) is 0 Å². The number of aromatic nitrogens is 2. The number of rotatable bonds is 5. The largest absolute Gasteiger partial charge is 0.465 e. The van der Waals surface area contributed by atoms with Gasteiger partial charge in [-0.2, -0.15) is 0 Å². The number of fused-ring (bicyclic) bond motifs is 1. The molecule has 7 heteroatoms. The van der Waals surface area contributed by atoms with Crippen LogP contribution in [0, 0.1) is 11.8 Å². The summed E-state index contributed by atoms with van der Waals surface area (Å²) in [5.74, 6) is 0.936. The summed E-state index contributed by atoms with van der Waals surface area (Å²) in [6, 6.07) is 0. The standard InChI is InChI=1S/C17H21N3O4/c1-23-8-13-11(15(21)24-2)7-18-16(20-13)19-12-6-17(22)4-9-3-10(5-17)14(9)12/h7,9-10,22H,3-6,8H2,1-2H3,(H,18,19,20). The van der Waals surface area contributed by atoms with Crippen molar-refractivity contribution in [3.05, 3.63) is 28.7 Å². The third-order valence-electron chi connectivity index (χ3n) is 5.37. The van der Waals surface area contributed by atoms with Crippen LogP contribution in [0.25, 0.3) is 0 Å². The van der Waals surface area contributed by atoms with Crippen molar-refractivity contribution in [3.8, 4) is 0 Å². The Bertz CT molecular complexity index is 717. The van der Waals surface area contributed by atoms with Crippen molar-refractivity contribution in [1.82, 2.24) is 9.97 Å². The van der Waals surface area contributed by atoms with Gasteiger partial charge in [-0.15, -0.1) is 0 Å². The summed E-state index contributed by atoms with van der Waals surface area (Å²) in [4.78, 5) is 20.4. The summed E-state index contributed by atoms with van der Waals surface area (Å²) in [5, 5.41) is 13.9. The first-order chi connectivity index (χ1) is 11.5. The number of ether oxygens (including phenoxy) is 2. The Kier molecular flexibility index (Phi) is 3.58. The van der Waals surface area contributed by atoms with E-state index in [0.717, 1.165) is 18.5 Å². The van der Waals surface area contributed by atoms with Crippen molar-refractivity contribution in [2.75, 3.05) is 19.5 Å². The smallest absolute Gasteiger partial charge is 0.341 e. The van der Waals surface area contributed by atoms with Crippen molar-refractivity contribution >= 4 is 11.9 Å². The second-order valence-corrected chi connectivity index (χ2v) is 6.98. The second kappa shape index (κ2) is 5.53. The number of anilines is 1. The molecule has 0 radical (unpaired) electrons. The zero-order valence-electron chi connectivity index (χ0n) is 13.8. The minimum atomic E-state index is -0.584. The molecule has 1 heterocycles. The number of carbonyl (C=O) groups is 1. The van der Waals surface area contributed by atoms with Gasteiger partial charge in [-0.1, -0.05) is 0 Å². The predicted molar refractivity (Wildman–Crippen MR) is 85.1 cm³/mol. The summed E-state index contributed by atoms with van der Waals surface area (Å²) in [6.45, 7) is 0.197. The van der Waals surface area contributed by atoms with E-state index in [9.17, 15) is 9.90 Å². The van der Waals surface area contributed by atoms with E-state index in [1.165, 1.54) is 25.3 Å². The maximum atomic E-state index is 11.8. The van der Waals surface area contributed by atoms with Crippen molar-refractivity contribution < 1.29 is 19.4 Å². The van der Waals surface area contributed by atoms with Gasteiger partial charge in [0.25, 0.3) is 0 Å². The monoisotopic (exact) mass is 331 g/mol. The molecule has 0 amide bonds. The third-order valence-corrected chi connectivity index (χ3v) is 5.37. The average molecular weight is 331 g/mol. The third kappa shape index (κ3) is 2.39. The lowest BCUT2D eigenvalue weighted by atomic mass is 9.51. The number of hydrogen-bond donors (Lipinski definition) is 2. The Labute approximate surface area is 140 Å². The highest BCUT2D eigenvalue weighted by atomic mass is 16.5. The SMILES string of the molecule is COCc1nc(NC2=C3C4CC3CC(O)(C2)C4)ncc1C(=O)OC. The zero-order chi connectivity index (χ0) is 16.9. The molecule has 0 aromatic carbocycles. The van der Waals surface area contributed by atoms with E-state index in [-0.39, 0.29) is 6.61 Å². The van der Waals surface area contributed by atoms with Crippen molar-refractivity contribution in [2.24, 2.45) is 11.8 Å². The van der Waals surface area contributed by atoms with Gasteiger partial charge in [0.1, 0.15) is 5.56 Å². The van der Waals surface area contributed by atoms with Crippen LogP contribution in [0.15, 0.2) is 17.5 Å². The van der Waals surface area contributed by atoms with E-state index in [4.69, 9.17) is 9.47 Å². The van der Waals surface area contributed by atoms with Gasteiger partial charge in [0.05, 0.1) is 25.0 Å². The fourth-order valence-corrected chi connectivity index (χ4v) is 4.48. The van der Waals surface area contributed by atoms with Crippen molar-refractivity contribution in [3.63, 3.8) is 0 Å². The van der Waals surface area contributed by atoms with Crippen molar-refractivity contribution in [1.29, 1.82) is 0 Å². The van der Waals surface area contributed by atoms with Gasteiger partial charge >= 0.3 is 5.97 Å². The molecule has 3 saturated carbocycles. The van der Waals surface area contributed by atoms with E-state index < -0.39 is 11.6 Å². The highest BCUT2D eigenvalue weighted by molar-refractivity contribution is 5.90. The van der Waals surface area contributed by atoms with E-state index in [2.05, 4.69) is 15.3 Å². The van der Waals surface area contributed by atoms with Gasteiger partial charge in [0.15, 0.2) is 0 Å². The lowest BCUT2D eigenvalue weighted by Gasteiger charge is -2.57. The molecular formula is C17H21N3O4. The first-order valence-electron chi connectivity index (χ1n) is 8.18. The Hall–Kier alpha value is -1.99. The molecule has 24 heavy (non-hydrogen) atoms. The van der Waals surface area contributed by atoms with Crippen molar-refractivity contribution in [2.45, 2.75) is 37.9 Å². The van der Waals surface area contributed by atoms with Gasteiger partial charge in [-0.25, -0.2) is 14.8 Å². The second-order valence-electron chi connectivity index (χ2n) is 6.98. The average Bonchev–Trinajstić information content (AvgIpc) is 2.53. The normalized spacial score (nSPS) is 30.1. The number of esters is 1. The predicted octanol–water partition coefficient (Wildman–Crippen LogP) is 1.64. The van der Waals surface area contributed by atoms with Crippen LogP contribution in [0.5, 0.6) is 0 Å². The number of allylic oxidation sites excluding steroid dienone is 1. The molecule has 2 unspecified atom stereocenters. The molecule has 1 aromatic rings. The van der Waals surface area contributed by atoms with Gasteiger partial charge in [-0.05, 0) is 36.7 Å². The Balaban J connectivity index is 1.62. The summed E-state index contributed by atoms with van der Waals surface area (Å²) >= 11 is 0. The quantitative estimate of drug-likeness (QED) is 0.792. The van der Waals surface area contributed by atoms with Crippen LogP contribution in [-0.2, 0) is 16.1 Å². The topological polar surface area (TPSA) is 93.6 Å². The summed E-state index contributed by atoms with van der Waals surface area (Å²) in [5.41, 5.74) is 2.68. The maximum absolute atomic E-state index is 11.8. The lowest BCUT2D eigenvalue weighted by molar-refractivity contribution is -0.0693. The Morgan fingerprint density at radius 1 is 1.42 bits per heavy atom. The number of nitrogens with zero attached hydrogens (tertiary/aromatic N) is 2. The van der Waals surface area contributed by atoms with Gasteiger partial charge < -0.3 is 19.9 Å². The van der Waals surface area contributed by atoms with Gasteiger partial charge in [0.2, 0.25) is 5.95 Å². The van der Waals surface area contributed by atoms with E-state index >= 15 is 0 Å². The fourth-order valence-electron chi connectivity index (χ4n) is 4.48. The molecule has 0 saturated heterocycles. The molecule has 7 nitrogen and oxygen atoms in total. The summed E-state index contributed by atoms with van der Waals surface area (Å²) in [6.07, 6.45) is 5.01. The molecule has 0 aliphatic heterocycles. The molecule has 5 aliphatic rings. The van der Waals surface area contributed by atoms with E-state index in [0.29, 0.717) is 35.5 Å². The van der Waals surface area contributed by atoms with Crippen LogP contribution >= 0.6 is 0 Å². The molecule has 2 N–H and O–H groups in total. The molecule has 6 rings (SSSR count). The van der Waals surface area contributed by atoms with E-state index in [1.807, 2.05) is 0 Å². The molecule has 3 fully saturated rings. The number of hydrogen-bond acceptors (Lipinski definition) is 7. The summed E-state index contributed by atoms with van der Waals surface area (Å²) < 4.78 is 9.87. The highest BCUT2D eigenvalue weighted by Gasteiger charge is 2.55. The highest BCUT2D eigenvalue weighted by Crippen LogP contribution is 2.60. The van der Waals surface area contributed by atoms with Gasteiger partial charge in [-0.3, -0.25) is 0 Å². The Morgan fingerprint density at radius 3 is 2.79 bits per heavy atom. The zero-order valence-corrected chi connectivity index (χ0v) is 13.8. The maximum Gasteiger partial charge on any atom is 0.341 e. The molecule has 4 bridgehead atoms. The molecule has 2 atom stereocenters. The van der Waals surface area contributed by atoms with Crippen LogP contribution in [-0.4, -0.2) is 40.9 Å². The first kappa shape index (κ1) is 15.5. The first-order valence-corrected chi connectivity index (χ1v) is 8.18. The number of aliphatic hydroxyl groups is 1. The van der Waals surface area contributed by atoms with Crippen LogP contribution in [0.4, 0.5) is 5.95 Å². The lowest BCUT2D eigenvalue weighted by Crippen LogP contribution is -2.53. The van der Waals surface area contributed by atoms with E-state index in [1.54, 1.807) is 7.11 Å². The fraction of sp³-hybridized carbons (Fsp3) is 0.588. The number of methoxy groups -OCH3 is 2. The van der Waals surface area contributed by atoms with Crippen LogP contribution < -0.4 is 5.32 Å². The Morgan fingerprint density at radius 2 is 2.17 bits per heavy atom. The van der Waals surface area contributed by atoms with Crippen LogP contribution in [0.2, 0.25) is 0 Å². The number of nitrogens with one attached hydrogen (secondary N) is 1. The van der Waals surface area contributed by atoms with Crippen LogP contribution in [0.1, 0.15) is 41.7 Å². The summed E-state index contributed by atoms with van der Waals surface area (Å²) in [7, 11) is 2.87.